The summed E-state index contributed by atoms with van der Waals surface area (Å²) >= 11 is 5.11. The number of amides is 1. The molecule has 3 aromatic rings. The fraction of sp³-hybridized carbons (Fsp3) is 0.0909. The maximum Gasteiger partial charge on any atom is 0.239 e. The second-order valence-corrected chi connectivity index (χ2v) is 6.59. The van der Waals surface area contributed by atoms with Crippen molar-refractivity contribution >= 4 is 28.9 Å². The minimum Gasteiger partial charge on any atom is -0.329 e. The summed E-state index contributed by atoms with van der Waals surface area (Å²) in [6.45, 7) is 0. The lowest BCUT2D eigenvalue weighted by Gasteiger charge is -2.18. The van der Waals surface area contributed by atoms with E-state index in [9.17, 15) is 9.18 Å². The van der Waals surface area contributed by atoms with E-state index >= 15 is 0 Å². The van der Waals surface area contributed by atoms with Crippen LogP contribution in [0.15, 0.2) is 84.9 Å². The van der Waals surface area contributed by atoms with Crippen molar-refractivity contribution in [2.45, 2.75) is 12.3 Å². The third kappa shape index (κ3) is 5.37. The number of rotatable bonds is 5. The Kier molecular flexibility index (Phi) is 6.70. The predicted molar refractivity (Wildman–Crippen MR) is 113 cm³/mol. The second-order valence-electron chi connectivity index (χ2n) is 6.19. The van der Waals surface area contributed by atoms with Crippen molar-refractivity contribution in [1.29, 1.82) is 0 Å². The zero-order chi connectivity index (χ0) is 19.8. The first-order chi connectivity index (χ1) is 13.6. The fourth-order valence-corrected chi connectivity index (χ4v) is 3.04. The first-order valence-electron chi connectivity index (χ1n) is 8.84. The first-order valence-corrected chi connectivity index (χ1v) is 9.24. The highest BCUT2D eigenvalue weighted by molar-refractivity contribution is 7.80. The molecule has 6 heteroatoms. The van der Waals surface area contributed by atoms with Gasteiger partial charge in [-0.25, -0.2) is 4.39 Å². The van der Waals surface area contributed by atoms with Gasteiger partial charge in [-0.15, -0.1) is 0 Å². The standard InChI is InChI=1S/C22H20FN3OS/c23-19-13-7-8-14-20(19)24-22(28)26-25-21(27)15-18(16-9-3-1-4-10-16)17-11-5-2-6-12-17/h1-14,18H,15H2,(H,25,27)(H2,24,26,28). The van der Waals surface area contributed by atoms with Gasteiger partial charge >= 0.3 is 0 Å². The van der Waals surface area contributed by atoms with Crippen molar-refractivity contribution in [1.82, 2.24) is 10.9 Å². The Morgan fingerprint density at radius 1 is 0.821 bits per heavy atom. The maximum absolute atomic E-state index is 13.7. The van der Waals surface area contributed by atoms with E-state index in [1.54, 1.807) is 18.2 Å². The molecule has 0 spiro atoms. The van der Waals surface area contributed by atoms with E-state index in [4.69, 9.17) is 12.2 Å². The molecule has 0 saturated carbocycles. The van der Waals surface area contributed by atoms with Crippen LogP contribution in [0.1, 0.15) is 23.5 Å². The molecule has 0 heterocycles. The third-order valence-corrected chi connectivity index (χ3v) is 4.44. The lowest BCUT2D eigenvalue weighted by molar-refractivity contribution is -0.121. The number of halogens is 1. The number of thiocarbonyl (C=S) groups is 1. The van der Waals surface area contributed by atoms with Crippen LogP contribution >= 0.6 is 12.2 Å². The van der Waals surface area contributed by atoms with Crippen LogP contribution in [0.5, 0.6) is 0 Å². The largest absolute Gasteiger partial charge is 0.329 e. The van der Waals surface area contributed by atoms with E-state index in [1.165, 1.54) is 6.07 Å². The smallest absolute Gasteiger partial charge is 0.239 e. The summed E-state index contributed by atoms with van der Waals surface area (Å²) in [4.78, 5) is 12.5. The van der Waals surface area contributed by atoms with E-state index in [0.29, 0.717) is 0 Å². The van der Waals surface area contributed by atoms with E-state index in [-0.39, 0.29) is 29.0 Å². The predicted octanol–water partition coefficient (Wildman–Crippen LogP) is 4.37. The van der Waals surface area contributed by atoms with Gasteiger partial charge in [-0.3, -0.25) is 15.6 Å². The molecule has 0 aromatic heterocycles. The van der Waals surface area contributed by atoms with Gasteiger partial charge in [0, 0.05) is 12.3 Å². The van der Waals surface area contributed by atoms with Gasteiger partial charge in [0.1, 0.15) is 5.82 Å². The molecule has 1 amide bonds. The van der Waals surface area contributed by atoms with Crippen LogP contribution in [0.4, 0.5) is 10.1 Å². The Balaban J connectivity index is 1.61. The van der Waals surface area contributed by atoms with E-state index in [1.807, 2.05) is 60.7 Å². The van der Waals surface area contributed by atoms with Gasteiger partial charge in [0.25, 0.3) is 0 Å². The van der Waals surface area contributed by atoms with Gasteiger partial charge in [0.05, 0.1) is 5.69 Å². The van der Waals surface area contributed by atoms with Crippen molar-refractivity contribution in [2.75, 3.05) is 5.32 Å². The lowest BCUT2D eigenvalue weighted by Crippen LogP contribution is -2.44. The molecule has 0 saturated heterocycles. The van der Waals surface area contributed by atoms with Gasteiger partial charge in [-0.1, -0.05) is 72.8 Å². The topological polar surface area (TPSA) is 53.2 Å². The summed E-state index contributed by atoms with van der Waals surface area (Å²) in [5.74, 6) is -0.737. The van der Waals surface area contributed by atoms with Gasteiger partial charge in [0.2, 0.25) is 5.91 Å². The SMILES string of the molecule is O=C(CC(c1ccccc1)c1ccccc1)NNC(=S)Nc1ccccc1F. The Morgan fingerprint density at radius 2 is 1.36 bits per heavy atom. The van der Waals surface area contributed by atoms with Crippen LogP contribution in [0.3, 0.4) is 0 Å². The van der Waals surface area contributed by atoms with Gasteiger partial charge in [-0.05, 0) is 35.5 Å². The molecule has 3 aromatic carbocycles. The number of hydrogen-bond acceptors (Lipinski definition) is 2. The Labute approximate surface area is 168 Å². The second kappa shape index (κ2) is 9.62. The molecule has 142 valence electrons. The number of carbonyl (C=O) groups is 1. The highest BCUT2D eigenvalue weighted by Gasteiger charge is 2.18. The summed E-state index contributed by atoms with van der Waals surface area (Å²) in [6, 6.07) is 25.9. The number of anilines is 1. The summed E-state index contributed by atoms with van der Waals surface area (Å²) in [6.07, 6.45) is 0.239. The Morgan fingerprint density at radius 3 is 1.93 bits per heavy atom. The van der Waals surface area contributed by atoms with Crippen molar-refractivity contribution in [3.63, 3.8) is 0 Å². The van der Waals surface area contributed by atoms with E-state index < -0.39 is 5.82 Å². The van der Waals surface area contributed by atoms with E-state index in [0.717, 1.165) is 11.1 Å². The zero-order valence-electron chi connectivity index (χ0n) is 15.1. The first kappa shape index (κ1) is 19.5. The zero-order valence-corrected chi connectivity index (χ0v) is 15.9. The quantitative estimate of drug-likeness (QED) is 0.445. The molecule has 0 bridgehead atoms. The maximum atomic E-state index is 13.7. The number of nitrogens with one attached hydrogen (secondary N) is 3. The number of para-hydroxylation sites is 1. The van der Waals surface area contributed by atoms with Crippen LogP contribution < -0.4 is 16.2 Å². The molecule has 4 nitrogen and oxygen atoms in total. The fourth-order valence-electron chi connectivity index (χ4n) is 2.88. The lowest BCUT2D eigenvalue weighted by atomic mass is 9.88. The van der Waals surface area contributed by atoms with Gasteiger partial charge in [0.15, 0.2) is 5.11 Å². The molecule has 0 aliphatic rings. The Bertz CT molecular complexity index is 895. The summed E-state index contributed by atoms with van der Waals surface area (Å²) in [5.41, 5.74) is 7.54. The van der Waals surface area contributed by atoms with Crippen molar-refractivity contribution < 1.29 is 9.18 Å². The minimum absolute atomic E-state index is 0.0858. The average molecular weight is 393 g/mol. The molecular formula is C22H20FN3OS. The van der Waals surface area contributed by atoms with E-state index in [2.05, 4.69) is 16.2 Å². The molecule has 0 unspecified atom stereocenters. The van der Waals surface area contributed by atoms with Crippen molar-refractivity contribution in [2.24, 2.45) is 0 Å². The van der Waals surface area contributed by atoms with Crippen LogP contribution in [0.25, 0.3) is 0 Å². The number of benzene rings is 3. The summed E-state index contributed by atoms with van der Waals surface area (Å²) < 4.78 is 13.7. The number of hydrazine groups is 1. The van der Waals surface area contributed by atoms with Crippen LogP contribution in [0, 0.1) is 5.82 Å². The number of carbonyl (C=O) groups excluding carboxylic acids is 1. The molecule has 3 N–H and O–H groups in total. The molecule has 0 atom stereocenters. The molecule has 28 heavy (non-hydrogen) atoms. The average Bonchev–Trinajstić information content (AvgIpc) is 2.73. The molecule has 3 rings (SSSR count). The summed E-state index contributed by atoms with van der Waals surface area (Å²) in [5, 5.41) is 2.82. The molecular weight excluding hydrogens is 373 g/mol. The summed E-state index contributed by atoms with van der Waals surface area (Å²) in [7, 11) is 0. The van der Waals surface area contributed by atoms with Crippen LogP contribution in [0.2, 0.25) is 0 Å². The van der Waals surface area contributed by atoms with Crippen molar-refractivity contribution in [3.05, 3.63) is 102 Å². The molecule has 0 radical (unpaired) electrons. The molecule has 0 fully saturated rings. The van der Waals surface area contributed by atoms with Gasteiger partial charge < -0.3 is 5.32 Å². The minimum atomic E-state index is -0.425. The third-order valence-electron chi connectivity index (χ3n) is 4.23. The normalized spacial score (nSPS) is 10.4. The monoisotopic (exact) mass is 393 g/mol. The highest BCUT2D eigenvalue weighted by Crippen LogP contribution is 2.27. The highest BCUT2D eigenvalue weighted by atomic mass is 32.1. The number of hydrogen-bond donors (Lipinski definition) is 3. The van der Waals surface area contributed by atoms with Crippen molar-refractivity contribution in [3.8, 4) is 0 Å². The van der Waals surface area contributed by atoms with Crippen LogP contribution in [-0.4, -0.2) is 11.0 Å². The molecule has 0 aliphatic carbocycles. The Hall–Kier alpha value is -3.25. The molecule has 0 aliphatic heterocycles. The van der Waals surface area contributed by atoms with Crippen LogP contribution in [-0.2, 0) is 4.79 Å². The van der Waals surface area contributed by atoms with Gasteiger partial charge in [-0.2, -0.15) is 0 Å².